The van der Waals surface area contributed by atoms with Gasteiger partial charge in [-0.15, -0.1) is 10.2 Å². The summed E-state index contributed by atoms with van der Waals surface area (Å²) in [6.07, 6.45) is 0. The molecule has 0 aliphatic heterocycles. The number of halogens is 2. The second-order valence-corrected chi connectivity index (χ2v) is 3.80. The van der Waals surface area contributed by atoms with Crippen LogP contribution in [0.4, 0.5) is 14.6 Å². The molecule has 1 aromatic heterocycles. The lowest BCUT2D eigenvalue weighted by molar-refractivity contribution is 0.383. The maximum atomic E-state index is 13.8. The van der Waals surface area contributed by atoms with Gasteiger partial charge in [0.05, 0.1) is 12.8 Å². The molecule has 19 heavy (non-hydrogen) atoms. The van der Waals surface area contributed by atoms with Crippen LogP contribution in [-0.4, -0.2) is 23.9 Å². The molecule has 0 atom stereocenters. The van der Waals surface area contributed by atoms with Crippen LogP contribution in [0.1, 0.15) is 6.92 Å². The summed E-state index contributed by atoms with van der Waals surface area (Å²) in [5, 5.41) is 10.7. The number of hydrogen-bond acceptors (Lipinski definition) is 4. The molecule has 2 rings (SSSR count). The summed E-state index contributed by atoms with van der Waals surface area (Å²) in [5.74, 6) is -0.806. The molecule has 0 fully saturated rings. The number of anilines is 1. The van der Waals surface area contributed by atoms with Crippen LogP contribution >= 0.6 is 0 Å². The zero-order valence-corrected chi connectivity index (χ0v) is 10.6. The highest BCUT2D eigenvalue weighted by atomic mass is 19.1. The molecule has 1 N–H and O–H groups in total. The van der Waals surface area contributed by atoms with E-state index in [9.17, 15) is 8.78 Å². The van der Waals surface area contributed by atoms with Crippen LogP contribution in [0.3, 0.4) is 0 Å². The summed E-state index contributed by atoms with van der Waals surface area (Å²) in [7, 11) is 1.28. The number of benzene rings is 1. The van der Waals surface area contributed by atoms with E-state index in [0.29, 0.717) is 12.4 Å². The van der Waals surface area contributed by atoms with E-state index in [-0.39, 0.29) is 17.0 Å². The molecule has 0 amide bonds. The molecule has 100 valence electrons. The molecule has 0 radical (unpaired) electrons. The third-order valence-corrected chi connectivity index (χ3v) is 2.54. The number of nitrogens with one attached hydrogen (secondary N) is 1. The van der Waals surface area contributed by atoms with E-state index in [1.165, 1.54) is 7.11 Å². The van der Waals surface area contributed by atoms with E-state index >= 15 is 0 Å². The van der Waals surface area contributed by atoms with Crippen molar-refractivity contribution in [2.24, 2.45) is 0 Å². The molecule has 6 heteroatoms. The van der Waals surface area contributed by atoms with Crippen LogP contribution in [0.25, 0.3) is 11.3 Å². The molecule has 0 aliphatic carbocycles. The quantitative estimate of drug-likeness (QED) is 0.923. The van der Waals surface area contributed by atoms with E-state index < -0.39 is 11.6 Å². The summed E-state index contributed by atoms with van der Waals surface area (Å²) >= 11 is 0. The van der Waals surface area contributed by atoms with Crippen LogP contribution in [0.2, 0.25) is 0 Å². The summed E-state index contributed by atoms with van der Waals surface area (Å²) in [6, 6.07) is 5.28. The smallest absolute Gasteiger partial charge is 0.165 e. The van der Waals surface area contributed by atoms with Gasteiger partial charge < -0.3 is 10.1 Å². The molecule has 0 bridgehead atoms. The third-order valence-electron chi connectivity index (χ3n) is 2.54. The summed E-state index contributed by atoms with van der Waals surface area (Å²) in [6.45, 7) is 2.63. The van der Waals surface area contributed by atoms with Gasteiger partial charge in [0.1, 0.15) is 11.6 Å². The fraction of sp³-hybridized carbons (Fsp3) is 0.231. The molecule has 0 spiro atoms. The minimum absolute atomic E-state index is 0.0499. The Morgan fingerprint density at radius 2 is 1.95 bits per heavy atom. The molecule has 0 aliphatic rings. The first-order valence-corrected chi connectivity index (χ1v) is 5.76. The van der Waals surface area contributed by atoms with Gasteiger partial charge in [-0.25, -0.2) is 8.78 Å². The Kier molecular flexibility index (Phi) is 3.89. The van der Waals surface area contributed by atoms with Crippen LogP contribution < -0.4 is 10.1 Å². The van der Waals surface area contributed by atoms with Crippen molar-refractivity contribution in [1.29, 1.82) is 0 Å². The van der Waals surface area contributed by atoms with Gasteiger partial charge in [0, 0.05) is 18.2 Å². The lowest BCUT2D eigenvalue weighted by atomic mass is 10.1. The average Bonchev–Trinajstić information content (AvgIpc) is 2.42. The Morgan fingerprint density at radius 3 is 2.53 bits per heavy atom. The minimum atomic E-state index is -0.642. The van der Waals surface area contributed by atoms with Gasteiger partial charge in [0.2, 0.25) is 0 Å². The Balaban J connectivity index is 2.38. The van der Waals surface area contributed by atoms with Crippen molar-refractivity contribution in [3.8, 4) is 17.0 Å². The zero-order chi connectivity index (χ0) is 13.8. The van der Waals surface area contributed by atoms with Crippen LogP contribution in [0.5, 0.6) is 5.75 Å². The summed E-state index contributed by atoms with van der Waals surface area (Å²) < 4.78 is 32.1. The molecular formula is C13H13F2N3O. The van der Waals surface area contributed by atoms with Crippen molar-refractivity contribution in [1.82, 2.24) is 10.2 Å². The molecule has 0 saturated heterocycles. The van der Waals surface area contributed by atoms with Gasteiger partial charge in [-0.1, -0.05) is 0 Å². The van der Waals surface area contributed by atoms with Gasteiger partial charge in [-0.3, -0.25) is 0 Å². The Hall–Kier alpha value is -2.24. The number of methoxy groups -OCH3 is 1. The van der Waals surface area contributed by atoms with E-state index in [0.717, 1.165) is 12.1 Å². The van der Waals surface area contributed by atoms with Crippen molar-refractivity contribution < 1.29 is 13.5 Å². The van der Waals surface area contributed by atoms with Gasteiger partial charge in [0.25, 0.3) is 0 Å². The highest BCUT2D eigenvalue weighted by Crippen LogP contribution is 2.27. The molecule has 1 aromatic carbocycles. The average molecular weight is 265 g/mol. The molecule has 0 saturated carbocycles. The molecule has 0 unspecified atom stereocenters. The lowest BCUT2D eigenvalue weighted by Gasteiger charge is -2.07. The first kappa shape index (κ1) is 13.2. The maximum Gasteiger partial charge on any atom is 0.165 e. The fourth-order valence-electron chi connectivity index (χ4n) is 1.63. The monoisotopic (exact) mass is 265 g/mol. The largest absolute Gasteiger partial charge is 0.494 e. The second kappa shape index (κ2) is 5.60. The Morgan fingerprint density at radius 1 is 1.16 bits per heavy atom. The van der Waals surface area contributed by atoms with Gasteiger partial charge in [0.15, 0.2) is 11.6 Å². The van der Waals surface area contributed by atoms with Crippen molar-refractivity contribution in [3.63, 3.8) is 0 Å². The SMILES string of the molecule is CCNc1ccc(-c2cc(F)c(OC)cc2F)nn1. The van der Waals surface area contributed by atoms with Crippen molar-refractivity contribution in [2.75, 3.05) is 19.0 Å². The first-order valence-electron chi connectivity index (χ1n) is 5.76. The fourth-order valence-corrected chi connectivity index (χ4v) is 1.63. The lowest BCUT2D eigenvalue weighted by Crippen LogP contribution is -2.01. The van der Waals surface area contributed by atoms with Crippen molar-refractivity contribution >= 4 is 5.82 Å². The van der Waals surface area contributed by atoms with Crippen molar-refractivity contribution in [3.05, 3.63) is 35.9 Å². The first-order chi connectivity index (χ1) is 9.15. The Labute approximate surface area is 109 Å². The number of aromatic nitrogens is 2. The maximum absolute atomic E-state index is 13.8. The van der Waals surface area contributed by atoms with Crippen LogP contribution in [0.15, 0.2) is 24.3 Å². The van der Waals surface area contributed by atoms with Gasteiger partial charge in [-0.2, -0.15) is 0 Å². The minimum Gasteiger partial charge on any atom is -0.494 e. The number of ether oxygens (including phenoxy) is 1. The predicted molar refractivity (Wildman–Crippen MR) is 68.1 cm³/mol. The highest BCUT2D eigenvalue weighted by Gasteiger charge is 2.13. The van der Waals surface area contributed by atoms with Gasteiger partial charge in [-0.05, 0) is 25.1 Å². The van der Waals surface area contributed by atoms with Gasteiger partial charge >= 0.3 is 0 Å². The van der Waals surface area contributed by atoms with Crippen molar-refractivity contribution in [2.45, 2.75) is 6.92 Å². The van der Waals surface area contributed by atoms with Crippen LogP contribution in [0, 0.1) is 11.6 Å². The predicted octanol–water partition coefficient (Wildman–Crippen LogP) is 2.86. The van der Waals surface area contributed by atoms with Crippen LogP contribution in [-0.2, 0) is 0 Å². The summed E-state index contributed by atoms with van der Waals surface area (Å²) in [5.41, 5.74) is 0.314. The molecule has 2 aromatic rings. The summed E-state index contributed by atoms with van der Waals surface area (Å²) in [4.78, 5) is 0. The molecular weight excluding hydrogens is 252 g/mol. The zero-order valence-electron chi connectivity index (χ0n) is 10.6. The van der Waals surface area contributed by atoms with E-state index in [4.69, 9.17) is 4.74 Å². The second-order valence-electron chi connectivity index (χ2n) is 3.80. The normalized spacial score (nSPS) is 10.3. The topological polar surface area (TPSA) is 47.0 Å². The Bertz CT molecular complexity index is 573. The van der Waals surface area contributed by atoms with E-state index in [2.05, 4.69) is 15.5 Å². The number of rotatable bonds is 4. The van der Waals surface area contributed by atoms with E-state index in [1.807, 2.05) is 6.92 Å². The number of nitrogens with zero attached hydrogens (tertiary/aromatic N) is 2. The standard InChI is InChI=1S/C13H13F2N3O/c1-3-16-13-5-4-11(17-18-13)8-6-10(15)12(19-2)7-9(8)14/h4-7H,3H2,1-2H3,(H,16,18). The molecule has 4 nitrogen and oxygen atoms in total. The highest BCUT2D eigenvalue weighted by molar-refractivity contribution is 5.61. The molecule has 1 heterocycles. The third kappa shape index (κ3) is 2.78. The number of hydrogen-bond donors (Lipinski definition) is 1. The van der Waals surface area contributed by atoms with E-state index in [1.54, 1.807) is 12.1 Å².